The molecular formula is C29H26N8O. The molecule has 0 aliphatic carbocycles. The van der Waals surface area contributed by atoms with Gasteiger partial charge in [0.1, 0.15) is 23.4 Å². The molecule has 1 aliphatic heterocycles. The average Bonchev–Trinajstić information content (AvgIpc) is 3.61. The first-order valence-corrected chi connectivity index (χ1v) is 12.9. The van der Waals surface area contributed by atoms with Gasteiger partial charge in [0.25, 0.3) is 0 Å². The van der Waals surface area contributed by atoms with Crippen LogP contribution in [0.3, 0.4) is 0 Å². The smallest absolute Gasteiger partial charge is 0.161 e. The summed E-state index contributed by atoms with van der Waals surface area (Å²) in [6.45, 7) is 2.49. The van der Waals surface area contributed by atoms with Crippen molar-refractivity contribution in [3.63, 3.8) is 0 Å². The first kappa shape index (κ1) is 22.4. The highest BCUT2D eigenvalue weighted by molar-refractivity contribution is 5.94. The highest BCUT2D eigenvalue weighted by atomic mass is 16.5. The number of imidazole rings is 1. The minimum Gasteiger partial charge on any atom is -0.487 e. The monoisotopic (exact) mass is 502 g/mol. The van der Waals surface area contributed by atoms with Crippen LogP contribution in [-0.4, -0.2) is 48.2 Å². The fourth-order valence-electron chi connectivity index (χ4n) is 4.97. The molecule has 1 saturated heterocycles. The number of fused-ring (bicyclic) bond motifs is 2. The molecular weight excluding hydrogens is 476 g/mol. The fraction of sp³-hybridized carbons (Fsp3) is 0.207. The van der Waals surface area contributed by atoms with Gasteiger partial charge >= 0.3 is 0 Å². The third kappa shape index (κ3) is 4.21. The van der Waals surface area contributed by atoms with Crippen molar-refractivity contribution in [1.29, 1.82) is 0 Å². The molecule has 1 aliphatic rings. The first-order valence-electron chi connectivity index (χ1n) is 12.9. The summed E-state index contributed by atoms with van der Waals surface area (Å²) in [6.07, 6.45) is 8.98. The molecule has 0 spiro atoms. The maximum atomic E-state index is 5.98. The second kappa shape index (κ2) is 9.59. The Kier molecular flexibility index (Phi) is 5.65. The minimum absolute atomic E-state index is 0.477. The van der Waals surface area contributed by atoms with Crippen molar-refractivity contribution in [2.75, 3.05) is 18.0 Å². The number of benzene rings is 1. The fourth-order valence-corrected chi connectivity index (χ4v) is 4.97. The normalized spacial score (nSPS) is 13.8. The van der Waals surface area contributed by atoms with Crippen molar-refractivity contribution in [2.24, 2.45) is 0 Å². The van der Waals surface area contributed by atoms with Crippen LogP contribution in [0.1, 0.15) is 24.8 Å². The molecule has 0 amide bonds. The third-order valence-electron chi connectivity index (χ3n) is 6.93. The Morgan fingerprint density at radius 3 is 2.66 bits per heavy atom. The van der Waals surface area contributed by atoms with Crippen molar-refractivity contribution in [3.8, 4) is 28.5 Å². The predicted octanol–water partition coefficient (Wildman–Crippen LogP) is 5.53. The average molecular weight is 503 g/mol. The number of aromatic nitrogens is 7. The quantitative estimate of drug-likeness (QED) is 0.308. The minimum atomic E-state index is 0.477. The van der Waals surface area contributed by atoms with E-state index in [1.807, 2.05) is 60.8 Å². The predicted molar refractivity (Wildman–Crippen MR) is 147 cm³/mol. The van der Waals surface area contributed by atoms with Gasteiger partial charge in [-0.15, -0.1) is 0 Å². The Morgan fingerprint density at radius 2 is 1.76 bits per heavy atom. The SMILES string of the molecule is c1ccc(COc2cncc(-c3ccc4[nH]nc(-c5nc6c(N7CCCCC7)nccc6[nH]5)c4n3)c2)cc1. The van der Waals surface area contributed by atoms with Crippen LogP contribution < -0.4 is 9.64 Å². The number of hydrogen-bond acceptors (Lipinski definition) is 7. The van der Waals surface area contributed by atoms with Gasteiger partial charge in [0.05, 0.1) is 22.9 Å². The first-order chi connectivity index (χ1) is 18.8. The van der Waals surface area contributed by atoms with Gasteiger partial charge in [0, 0.05) is 31.0 Å². The van der Waals surface area contributed by atoms with E-state index in [9.17, 15) is 0 Å². The van der Waals surface area contributed by atoms with Crippen LogP contribution in [0, 0.1) is 0 Å². The number of nitrogens with zero attached hydrogens (tertiary/aromatic N) is 6. The molecule has 188 valence electrons. The molecule has 6 heterocycles. The molecule has 38 heavy (non-hydrogen) atoms. The summed E-state index contributed by atoms with van der Waals surface area (Å²) in [5.41, 5.74) is 6.81. The number of ether oxygens (including phenoxy) is 1. The third-order valence-corrected chi connectivity index (χ3v) is 6.93. The van der Waals surface area contributed by atoms with Crippen molar-refractivity contribution < 1.29 is 4.74 Å². The molecule has 9 nitrogen and oxygen atoms in total. The number of aromatic amines is 2. The lowest BCUT2D eigenvalue weighted by molar-refractivity contribution is 0.305. The molecule has 7 rings (SSSR count). The zero-order valence-electron chi connectivity index (χ0n) is 20.8. The zero-order chi connectivity index (χ0) is 25.3. The number of piperidine rings is 1. The van der Waals surface area contributed by atoms with E-state index in [0.29, 0.717) is 23.9 Å². The molecule has 0 atom stereocenters. The Bertz CT molecular complexity index is 1720. The number of H-pyrrole nitrogens is 2. The van der Waals surface area contributed by atoms with Gasteiger partial charge in [-0.05, 0) is 49.1 Å². The standard InChI is InChI=1S/C29H26N8O/c1-3-7-19(8-4-1)18-38-21-15-20(16-30-17-21)22-9-10-24-25(32-22)27(36-35-24)28-33-23-11-12-31-29(26(23)34-28)37-13-5-2-6-14-37/h1,3-4,7-12,15-17H,2,5-6,13-14,18H2,(H,33,34)(H,35,36). The van der Waals surface area contributed by atoms with E-state index >= 15 is 0 Å². The maximum Gasteiger partial charge on any atom is 0.161 e. The van der Waals surface area contributed by atoms with Crippen LogP contribution in [0.4, 0.5) is 5.82 Å². The van der Waals surface area contributed by atoms with Crippen LogP contribution in [0.25, 0.3) is 44.8 Å². The molecule has 0 bridgehead atoms. The van der Waals surface area contributed by atoms with Crippen molar-refractivity contribution in [2.45, 2.75) is 25.9 Å². The summed E-state index contributed by atoms with van der Waals surface area (Å²) in [7, 11) is 0. The topological polar surface area (TPSA) is 108 Å². The lowest BCUT2D eigenvalue weighted by Gasteiger charge is -2.27. The molecule has 9 heteroatoms. The van der Waals surface area contributed by atoms with Gasteiger partial charge in [0.15, 0.2) is 17.3 Å². The van der Waals surface area contributed by atoms with Gasteiger partial charge in [-0.2, -0.15) is 5.10 Å². The van der Waals surface area contributed by atoms with Crippen LogP contribution in [0.2, 0.25) is 0 Å². The molecule has 0 unspecified atom stereocenters. The molecule has 0 radical (unpaired) electrons. The number of anilines is 1. The lowest BCUT2D eigenvalue weighted by Crippen LogP contribution is -2.30. The maximum absolute atomic E-state index is 5.98. The second-order valence-electron chi connectivity index (χ2n) is 9.51. The van der Waals surface area contributed by atoms with E-state index in [0.717, 1.165) is 57.8 Å². The van der Waals surface area contributed by atoms with Gasteiger partial charge in [-0.25, -0.2) is 15.0 Å². The molecule has 2 N–H and O–H groups in total. The number of pyridine rings is 3. The molecule has 1 fully saturated rings. The molecule has 5 aromatic heterocycles. The Morgan fingerprint density at radius 1 is 0.868 bits per heavy atom. The number of hydrogen-bond donors (Lipinski definition) is 2. The summed E-state index contributed by atoms with van der Waals surface area (Å²) in [5.74, 6) is 2.28. The summed E-state index contributed by atoms with van der Waals surface area (Å²) < 4.78 is 5.98. The molecule has 1 aromatic carbocycles. The van der Waals surface area contributed by atoms with Gasteiger partial charge in [0.2, 0.25) is 0 Å². The van der Waals surface area contributed by atoms with Gasteiger partial charge < -0.3 is 14.6 Å². The van der Waals surface area contributed by atoms with Gasteiger partial charge in [-0.3, -0.25) is 10.1 Å². The van der Waals surface area contributed by atoms with Crippen LogP contribution in [0.15, 0.2) is 73.2 Å². The van der Waals surface area contributed by atoms with Crippen LogP contribution in [0.5, 0.6) is 5.75 Å². The Balaban J connectivity index is 1.22. The van der Waals surface area contributed by atoms with Gasteiger partial charge in [-0.1, -0.05) is 30.3 Å². The Labute approximate surface area is 219 Å². The Hall–Kier alpha value is -4.79. The van der Waals surface area contributed by atoms with Crippen molar-refractivity contribution in [3.05, 3.63) is 78.8 Å². The van der Waals surface area contributed by atoms with Crippen LogP contribution in [-0.2, 0) is 6.61 Å². The zero-order valence-corrected chi connectivity index (χ0v) is 20.8. The van der Waals surface area contributed by atoms with Crippen molar-refractivity contribution >= 4 is 27.9 Å². The highest BCUT2D eigenvalue weighted by Gasteiger charge is 2.20. The van der Waals surface area contributed by atoms with E-state index in [1.54, 1.807) is 12.4 Å². The highest BCUT2D eigenvalue weighted by Crippen LogP contribution is 2.31. The second-order valence-corrected chi connectivity index (χ2v) is 9.51. The number of rotatable bonds is 6. The van der Waals surface area contributed by atoms with E-state index in [4.69, 9.17) is 14.7 Å². The molecule has 0 saturated carbocycles. The molecule has 6 aromatic rings. The van der Waals surface area contributed by atoms with E-state index in [2.05, 4.69) is 30.0 Å². The van der Waals surface area contributed by atoms with Crippen LogP contribution >= 0.6 is 0 Å². The lowest BCUT2D eigenvalue weighted by atomic mass is 10.1. The summed E-state index contributed by atoms with van der Waals surface area (Å²) in [6, 6.07) is 17.9. The van der Waals surface area contributed by atoms with E-state index in [1.165, 1.54) is 19.3 Å². The summed E-state index contributed by atoms with van der Waals surface area (Å²) >= 11 is 0. The van der Waals surface area contributed by atoms with E-state index in [-0.39, 0.29) is 0 Å². The summed E-state index contributed by atoms with van der Waals surface area (Å²) in [5, 5.41) is 7.66. The number of nitrogens with one attached hydrogen (secondary N) is 2. The van der Waals surface area contributed by atoms with Crippen molar-refractivity contribution in [1.82, 2.24) is 35.1 Å². The largest absolute Gasteiger partial charge is 0.487 e. The summed E-state index contributed by atoms with van der Waals surface area (Å²) in [4.78, 5) is 24.7. The van der Waals surface area contributed by atoms with E-state index < -0.39 is 0 Å².